The molecule has 0 bridgehead atoms. The molecule has 1 N–H and O–H groups in total. The Labute approximate surface area is 97.9 Å². The molecule has 4 nitrogen and oxygen atoms in total. The molecule has 0 aliphatic carbocycles. The second kappa shape index (κ2) is 4.63. The Hall–Kier alpha value is -1.39. The number of aliphatic hydroxyl groups excluding tert-OH is 1. The molecule has 0 saturated heterocycles. The number of aromatic nitrogens is 2. The Balaban J connectivity index is 2.11. The van der Waals surface area contributed by atoms with Crippen molar-refractivity contribution < 1.29 is 9.63 Å². The van der Waals surface area contributed by atoms with Crippen LogP contribution in [-0.2, 0) is 6.42 Å². The van der Waals surface area contributed by atoms with Crippen molar-refractivity contribution in [3.8, 4) is 0 Å². The van der Waals surface area contributed by atoms with E-state index in [1.807, 2.05) is 24.3 Å². The molecule has 0 aliphatic rings. The van der Waals surface area contributed by atoms with Crippen LogP contribution < -0.4 is 0 Å². The normalized spacial score (nSPS) is 12.7. The van der Waals surface area contributed by atoms with Gasteiger partial charge in [0.1, 0.15) is 6.10 Å². The van der Waals surface area contributed by atoms with Gasteiger partial charge in [-0.2, -0.15) is 4.98 Å². The van der Waals surface area contributed by atoms with Crippen LogP contribution in [0.3, 0.4) is 0 Å². The number of benzene rings is 1. The molecule has 2 rings (SSSR count). The fraction of sp³-hybridized carbons (Fsp3) is 0.273. The average molecular weight is 239 g/mol. The minimum Gasteiger partial charge on any atom is -0.384 e. The predicted molar refractivity (Wildman–Crippen MR) is 59.2 cm³/mol. The molecule has 0 fully saturated rings. The third kappa shape index (κ3) is 2.59. The standard InChI is InChI=1S/C11H11ClN2O2/c1-7(15)11-13-10(14-16-11)6-8-2-4-9(12)5-3-8/h2-5,7,15H,6H2,1H3. The molecule has 0 saturated carbocycles. The van der Waals surface area contributed by atoms with Crippen molar-refractivity contribution in [1.82, 2.24) is 10.1 Å². The maximum absolute atomic E-state index is 9.23. The fourth-order valence-electron chi connectivity index (χ4n) is 1.29. The van der Waals surface area contributed by atoms with Gasteiger partial charge < -0.3 is 9.63 Å². The first-order valence-electron chi connectivity index (χ1n) is 4.90. The molecule has 1 atom stereocenters. The van der Waals surface area contributed by atoms with Crippen LogP contribution in [0.25, 0.3) is 0 Å². The van der Waals surface area contributed by atoms with Gasteiger partial charge in [0, 0.05) is 11.4 Å². The summed E-state index contributed by atoms with van der Waals surface area (Å²) in [4.78, 5) is 4.07. The lowest BCUT2D eigenvalue weighted by atomic mass is 10.1. The lowest BCUT2D eigenvalue weighted by Crippen LogP contribution is -1.93. The molecule has 1 unspecified atom stereocenters. The quantitative estimate of drug-likeness (QED) is 0.892. The van der Waals surface area contributed by atoms with Crippen LogP contribution in [0.1, 0.15) is 30.3 Å². The van der Waals surface area contributed by atoms with E-state index in [0.29, 0.717) is 17.3 Å². The second-order valence-electron chi connectivity index (χ2n) is 3.53. The topological polar surface area (TPSA) is 59.2 Å². The lowest BCUT2D eigenvalue weighted by molar-refractivity contribution is 0.151. The summed E-state index contributed by atoms with van der Waals surface area (Å²) < 4.78 is 4.88. The van der Waals surface area contributed by atoms with Gasteiger partial charge >= 0.3 is 0 Å². The van der Waals surface area contributed by atoms with Crippen LogP contribution in [0, 0.1) is 0 Å². The summed E-state index contributed by atoms with van der Waals surface area (Å²) in [5, 5.41) is 13.7. The molecule has 1 aromatic heterocycles. The third-order valence-corrected chi connectivity index (χ3v) is 2.37. The fourth-order valence-corrected chi connectivity index (χ4v) is 1.42. The van der Waals surface area contributed by atoms with Gasteiger partial charge in [-0.1, -0.05) is 28.9 Å². The van der Waals surface area contributed by atoms with E-state index in [1.165, 1.54) is 0 Å². The molecular formula is C11H11ClN2O2. The average Bonchev–Trinajstić information content (AvgIpc) is 2.70. The van der Waals surface area contributed by atoms with Gasteiger partial charge in [0.2, 0.25) is 0 Å². The van der Waals surface area contributed by atoms with E-state index < -0.39 is 6.10 Å². The number of hydrogen-bond donors (Lipinski definition) is 1. The van der Waals surface area contributed by atoms with Crippen molar-refractivity contribution >= 4 is 11.6 Å². The smallest absolute Gasteiger partial charge is 0.255 e. The van der Waals surface area contributed by atoms with Crippen molar-refractivity contribution in [3.05, 3.63) is 46.6 Å². The Morgan fingerprint density at radius 3 is 2.62 bits per heavy atom. The maximum atomic E-state index is 9.23. The van der Waals surface area contributed by atoms with Crippen molar-refractivity contribution in [2.45, 2.75) is 19.4 Å². The third-order valence-electron chi connectivity index (χ3n) is 2.12. The summed E-state index contributed by atoms with van der Waals surface area (Å²) in [7, 11) is 0. The van der Waals surface area contributed by atoms with Gasteiger partial charge in [-0.3, -0.25) is 0 Å². The zero-order valence-corrected chi connectivity index (χ0v) is 9.48. The molecule has 84 valence electrons. The summed E-state index contributed by atoms with van der Waals surface area (Å²) in [6, 6.07) is 7.43. The van der Waals surface area contributed by atoms with Gasteiger partial charge in [-0.05, 0) is 24.6 Å². The van der Waals surface area contributed by atoms with Gasteiger partial charge in [0.05, 0.1) is 0 Å². The number of aliphatic hydroxyl groups is 1. The Morgan fingerprint density at radius 2 is 2.06 bits per heavy atom. The predicted octanol–water partition coefficient (Wildman–Crippen LogP) is 2.37. The van der Waals surface area contributed by atoms with Crippen LogP contribution >= 0.6 is 11.6 Å². The van der Waals surface area contributed by atoms with E-state index in [4.69, 9.17) is 16.1 Å². The van der Waals surface area contributed by atoms with E-state index in [0.717, 1.165) is 5.56 Å². The van der Waals surface area contributed by atoms with Gasteiger partial charge in [-0.25, -0.2) is 0 Å². The maximum Gasteiger partial charge on any atom is 0.255 e. The highest BCUT2D eigenvalue weighted by atomic mass is 35.5. The molecular weight excluding hydrogens is 228 g/mol. The van der Waals surface area contributed by atoms with Crippen molar-refractivity contribution in [2.24, 2.45) is 0 Å². The summed E-state index contributed by atoms with van der Waals surface area (Å²) in [6.45, 7) is 1.58. The van der Waals surface area contributed by atoms with E-state index in [-0.39, 0.29) is 5.89 Å². The second-order valence-corrected chi connectivity index (χ2v) is 3.96. The zero-order chi connectivity index (χ0) is 11.5. The first-order valence-corrected chi connectivity index (χ1v) is 5.28. The summed E-state index contributed by atoms with van der Waals surface area (Å²) in [5.74, 6) is 0.794. The summed E-state index contributed by atoms with van der Waals surface area (Å²) >= 11 is 5.78. The van der Waals surface area contributed by atoms with E-state index in [1.54, 1.807) is 6.92 Å². The highest BCUT2D eigenvalue weighted by Crippen LogP contribution is 2.14. The molecule has 2 aromatic rings. The molecule has 5 heteroatoms. The molecule has 0 aliphatic heterocycles. The van der Waals surface area contributed by atoms with Crippen LogP contribution in [0.4, 0.5) is 0 Å². The van der Waals surface area contributed by atoms with Gasteiger partial charge in [-0.15, -0.1) is 0 Å². The zero-order valence-electron chi connectivity index (χ0n) is 8.72. The van der Waals surface area contributed by atoms with Crippen molar-refractivity contribution in [1.29, 1.82) is 0 Å². The van der Waals surface area contributed by atoms with E-state index >= 15 is 0 Å². The number of rotatable bonds is 3. The largest absolute Gasteiger partial charge is 0.384 e. The molecule has 1 heterocycles. The molecule has 0 radical (unpaired) electrons. The van der Waals surface area contributed by atoms with Crippen molar-refractivity contribution in [3.63, 3.8) is 0 Å². The van der Waals surface area contributed by atoms with E-state index in [9.17, 15) is 5.11 Å². The molecule has 1 aromatic carbocycles. The Bertz CT molecular complexity index is 465. The van der Waals surface area contributed by atoms with Crippen molar-refractivity contribution in [2.75, 3.05) is 0 Å². The molecule has 0 spiro atoms. The minimum absolute atomic E-state index is 0.240. The highest BCUT2D eigenvalue weighted by molar-refractivity contribution is 6.30. The van der Waals surface area contributed by atoms with E-state index in [2.05, 4.69) is 10.1 Å². The van der Waals surface area contributed by atoms with Gasteiger partial charge in [0.25, 0.3) is 5.89 Å². The highest BCUT2D eigenvalue weighted by Gasteiger charge is 2.11. The summed E-state index contributed by atoms with van der Waals surface area (Å²) in [6.07, 6.45) is -0.167. The lowest BCUT2D eigenvalue weighted by Gasteiger charge is -1.96. The summed E-state index contributed by atoms with van der Waals surface area (Å²) in [5.41, 5.74) is 1.04. The van der Waals surface area contributed by atoms with Crippen LogP contribution in [0.5, 0.6) is 0 Å². The van der Waals surface area contributed by atoms with Gasteiger partial charge in [0.15, 0.2) is 5.82 Å². The first kappa shape index (κ1) is 11.1. The molecule has 0 amide bonds. The van der Waals surface area contributed by atoms with Crippen LogP contribution in [0.15, 0.2) is 28.8 Å². The number of halogens is 1. The SMILES string of the molecule is CC(O)c1nc(Cc2ccc(Cl)cc2)no1. The van der Waals surface area contributed by atoms with Crippen LogP contribution in [0.2, 0.25) is 5.02 Å². The Morgan fingerprint density at radius 1 is 1.38 bits per heavy atom. The number of nitrogens with zero attached hydrogens (tertiary/aromatic N) is 2. The first-order chi connectivity index (χ1) is 7.65. The monoisotopic (exact) mass is 238 g/mol. The number of hydrogen-bond acceptors (Lipinski definition) is 4. The molecule has 16 heavy (non-hydrogen) atoms. The Kier molecular flexibility index (Phi) is 3.22. The van der Waals surface area contributed by atoms with Crippen LogP contribution in [-0.4, -0.2) is 15.2 Å². The minimum atomic E-state index is -0.730.